The van der Waals surface area contributed by atoms with Crippen LogP contribution in [0.3, 0.4) is 0 Å². The van der Waals surface area contributed by atoms with Crippen LogP contribution in [-0.2, 0) is 10.0 Å². The van der Waals surface area contributed by atoms with Crippen LogP contribution < -0.4 is 5.32 Å². The lowest BCUT2D eigenvalue weighted by Gasteiger charge is -2.31. The Labute approximate surface area is 120 Å². The Hall–Kier alpha value is -0.920. The molecular weight excluding hydrogens is 276 g/mol. The molecule has 0 spiro atoms. The van der Waals surface area contributed by atoms with Crippen molar-refractivity contribution in [1.29, 1.82) is 0 Å². The summed E-state index contributed by atoms with van der Waals surface area (Å²) in [6, 6.07) is 0.465. The Morgan fingerprint density at radius 1 is 1.35 bits per heavy atom. The van der Waals surface area contributed by atoms with Crippen LogP contribution in [0.5, 0.6) is 0 Å². The fourth-order valence-electron chi connectivity index (χ4n) is 2.69. The molecule has 2 N–H and O–H groups in total. The minimum absolute atomic E-state index is 0.307. The van der Waals surface area contributed by atoms with Gasteiger partial charge in [0.05, 0.1) is 11.9 Å². The lowest BCUT2D eigenvalue weighted by atomic mass is 10.1. The number of piperidine rings is 1. The minimum Gasteiger partial charge on any atom is -0.314 e. The molecule has 0 aromatic carbocycles. The van der Waals surface area contributed by atoms with E-state index in [1.54, 1.807) is 11.2 Å². The summed E-state index contributed by atoms with van der Waals surface area (Å²) in [4.78, 5) is 0.307. The van der Waals surface area contributed by atoms with Crippen molar-refractivity contribution in [2.75, 3.05) is 19.6 Å². The summed E-state index contributed by atoms with van der Waals surface area (Å²) in [6.45, 7) is 4.02. The van der Waals surface area contributed by atoms with Crippen molar-refractivity contribution < 1.29 is 8.42 Å². The van der Waals surface area contributed by atoms with E-state index in [0.717, 1.165) is 25.3 Å². The molecule has 2 aliphatic rings. The minimum atomic E-state index is -3.38. The molecule has 1 saturated carbocycles. The highest BCUT2D eigenvalue weighted by Crippen LogP contribution is 2.28. The molecule has 112 valence electrons. The van der Waals surface area contributed by atoms with E-state index in [9.17, 15) is 8.42 Å². The van der Waals surface area contributed by atoms with Crippen LogP contribution in [0.15, 0.2) is 11.1 Å². The van der Waals surface area contributed by atoms with Gasteiger partial charge in [-0.3, -0.25) is 5.10 Å². The molecule has 2 heterocycles. The summed E-state index contributed by atoms with van der Waals surface area (Å²) < 4.78 is 26.6. The van der Waals surface area contributed by atoms with Crippen molar-refractivity contribution >= 4 is 10.0 Å². The monoisotopic (exact) mass is 298 g/mol. The van der Waals surface area contributed by atoms with Crippen molar-refractivity contribution in [3.8, 4) is 0 Å². The second kappa shape index (κ2) is 5.46. The third-order valence-corrected chi connectivity index (χ3v) is 6.26. The Kier molecular flexibility index (Phi) is 3.83. The molecular formula is C13H22N4O2S. The average Bonchev–Trinajstić information content (AvgIpc) is 3.17. The van der Waals surface area contributed by atoms with Gasteiger partial charge in [0.15, 0.2) is 0 Å². The maximum Gasteiger partial charge on any atom is 0.246 e. The molecule has 1 aromatic rings. The number of aryl methyl sites for hydroxylation is 1. The van der Waals surface area contributed by atoms with E-state index in [-0.39, 0.29) is 0 Å². The highest BCUT2D eigenvalue weighted by atomic mass is 32.2. The van der Waals surface area contributed by atoms with Gasteiger partial charge in [-0.15, -0.1) is 0 Å². The van der Waals surface area contributed by atoms with Gasteiger partial charge in [-0.1, -0.05) is 0 Å². The first-order chi connectivity index (χ1) is 9.57. The summed E-state index contributed by atoms with van der Waals surface area (Å²) in [7, 11) is -3.38. The number of hydrogen-bond acceptors (Lipinski definition) is 4. The van der Waals surface area contributed by atoms with E-state index >= 15 is 0 Å². The van der Waals surface area contributed by atoms with Crippen LogP contribution >= 0.6 is 0 Å². The van der Waals surface area contributed by atoms with Gasteiger partial charge in [-0.2, -0.15) is 9.40 Å². The molecule has 0 bridgehead atoms. The van der Waals surface area contributed by atoms with E-state index in [2.05, 4.69) is 15.5 Å². The number of sulfonamides is 1. The molecule has 20 heavy (non-hydrogen) atoms. The second-order valence-electron chi connectivity index (χ2n) is 5.89. The topological polar surface area (TPSA) is 78.1 Å². The lowest BCUT2D eigenvalue weighted by Crippen LogP contribution is -2.45. The van der Waals surface area contributed by atoms with Gasteiger partial charge in [-0.05, 0) is 45.1 Å². The van der Waals surface area contributed by atoms with Crippen LogP contribution in [0.1, 0.15) is 31.4 Å². The van der Waals surface area contributed by atoms with Gasteiger partial charge in [0.1, 0.15) is 4.90 Å². The molecule has 0 amide bonds. The van der Waals surface area contributed by atoms with Crippen molar-refractivity contribution in [1.82, 2.24) is 19.8 Å². The lowest BCUT2D eigenvalue weighted by molar-refractivity contribution is 0.288. The Morgan fingerprint density at radius 3 is 2.60 bits per heavy atom. The quantitative estimate of drug-likeness (QED) is 0.845. The number of H-pyrrole nitrogens is 1. The summed E-state index contributed by atoms with van der Waals surface area (Å²) >= 11 is 0. The van der Waals surface area contributed by atoms with Gasteiger partial charge in [-0.25, -0.2) is 8.42 Å². The molecule has 7 heteroatoms. The molecule has 6 nitrogen and oxygen atoms in total. The van der Waals surface area contributed by atoms with Crippen molar-refractivity contribution in [2.24, 2.45) is 5.92 Å². The van der Waals surface area contributed by atoms with Gasteiger partial charge in [0, 0.05) is 19.1 Å². The Bertz CT molecular complexity index is 557. The van der Waals surface area contributed by atoms with Crippen LogP contribution in [0.25, 0.3) is 0 Å². The normalized spacial score (nSPS) is 22.2. The van der Waals surface area contributed by atoms with Crippen LogP contribution in [0.4, 0.5) is 0 Å². The zero-order chi connectivity index (χ0) is 14.2. The molecule has 1 aliphatic heterocycles. The van der Waals surface area contributed by atoms with Crippen molar-refractivity contribution in [3.63, 3.8) is 0 Å². The SMILES string of the molecule is Cc1[nH]ncc1S(=O)(=O)N1CCC(NCC2CC2)CC1. The predicted molar refractivity (Wildman–Crippen MR) is 75.8 cm³/mol. The zero-order valence-electron chi connectivity index (χ0n) is 11.8. The molecule has 1 saturated heterocycles. The van der Waals surface area contributed by atoms with E-state index in [1.165, 1.54) is 19.0 Å². The van der Waals surface area contributed by atoms with Crippen molar-refractivity contribution in [3.05, 3.63) is 11.9 Å². The van der Waals surface area contributed by atoms with E-state index in [0.29, 0.717) is 29.7 Å². The second-order valence-corrected chi connectivity index (χ2v) is 7.80. The highest BCUT2D eigenvalue weighted by Gasteiger charge is 2.31. The fourth-order valence-corrected chi connectivity index (χ4v) is 4.28. The summed E-state index contributed by atoms with van der Waals surface area (Å²) in [5.74, 6) is 0.866. The molecule has 0 atom stereocenters. The Balaban J connectivity index is 1.58. The Morgan fingerprint density at radius 2 is 2.05 bits per heavy atom. The van der Waals surface area contributed by atoms with Crippen molar-refractivity contribution in [2.45, 2.75) is 43.5 Å². The maximum atomic E-state index is 12.5. The first kappa shape index (κ1) is 14.0. The summed E-state index contributed by atoms with van der Waals surface area (Å²) in [5, 5.41) is 10.1. The maximum absolute atomic E-state index is 12.5. The fraction of sp³-hybridized carbons (Fsp3) is 0.769. The summed E-state index contributed by atoms with van der Waals surface area (Å²) in [6.07, 6.45) is 5.88. The van der Waals surface area contributed by atoms with Gasteiger partial charge in [0.2, 0.25) is 10.0 Å². The number of nitrogens with one attached hydrogen (secondary N) is 2. The largest absolute Gasteiger partial charge is 0.314 e. The summed E-state index contributed by atoms with van der Waals surface area (Å²) in [5.41, 5.74) is 0.610. The molecule has 0 unspecified atom stereocenters. The third-order valence-electron chi connectivity index (χ3n) is 4.25. The standard InChI is InChI=1S/C13H22N4O2S/c1-10-13(9-15-16-10)20(18,19)17-6-4-12(5-7-17)14-8-11-2-3-11/h9,11-12,14H,2-8H2,1H3,(H,15,16). The smallest absolute Gasteiger partial charge is 0.246 e. The first-order valence-corrected chi connectivity index (χ1v) is 8.75. The third kappa shape index (κ3) is 2.89. The number of nitrogens with zero attached hydrogens (tertiary/aromatic N) is 2. The molecule has 0 radical (unpaired) electrons. The van der Waals surface area contributed by atoms with Crippen LogP contribution in [-0.4, -0.2) is 48.6 Å². The number of aromatic amines is 1. The number of aromatic nitrogens is 2. The van der Waals surface area contributed by atoms with Gasteiger partial charge >= 0.3 is 0 Å². The molecule has 3 rings (SSSR count). The van der Waals surface area contributed by atoms with Gasteiger partial charge in [0.25, 0.3) is 0 Å². The molecule has 2 fully saturated rings. The van der Waals surface area contributed by atoms with Gasteiger partial charge < -0.3 is 5.32 Å². The highest BCUT2D eigenvalue weighted by molar-refractivity contribution is 7.89. The number of rotatable bonds is 5. The average molecular weight is 298 g/mol. The van der Waals surface area contributed by atoms with E-state index in [1.807, 2.05) is 0 Å². The van der Waals surface area contributed by atoms with Crippen LogP contribution in [0, 0.1) is 12.8 Å². The van der Waals surface area contributed by atoms with E-state index < -0.39 is 10.0 Å². The van der Waals surface area contributed by atoms with E-state index in [4.69, 9.17) is 0 Å². The molecule has 1 aromatic heterocycles. The van der Waals surface area contributed by atoms with Crippen LogP contribution in [0.2, 0.25) is 0 Å². The molecule has 1 aliphatic carbocycles. The first-order valence-electron chi connectivity index (χ1n) is 7.31. The number of hydrogen-bond donors (Lipinski definition) is 2. The predicted octanol–water partition coefficient (Wildman–Crippen LogP) is 0.871. The zero-order valence-corrected chi connectivity index (χ0v) is 12.6.